The van der Waals surface area contributed by atoms with E-state index in [1.54, 1.807) is 0 Å². The van der Waals surface area contributed by atoms with Crippen LogP contribution in [0.25, 0.3) is 0 Å². The Morgan fingerprint density at radius 3 is 2.58 bits per heavy atom. The number of aliphatic hydroxyl groups is 1. The standard InChI is InChI=1S/C9H16O2Si/c1-12(2,3)7-5-9-8(11-9)4-6-10/h8-10H,4,6H2,1-3H3/t8-,9-/m1/s1. The third-order valence-electron chi connectivity index (χ3n) is 1.59. The Morgan fingerprint density at radius 2 is 2.08 bits per heavy atom. The second-order valence-corrected chi connectivity index (χ2v) is 8.88. The summed E-state index contributed by atoms with van der Waals surface area (Å²) in [7, 11) is -1.24. The van der Waals surface area contributed by atoms with Gasteiger partial charge >= 0.3 is 0 Å². The van der Waals surface area contributed by atoms with Crippen LogP contribution >= 0.6 is 0 Å². The summed E-state index contributed by atoms with van der Waals surface area (Å²) in [5.74, 6) is 3.11. The number of ether oxygens (including phenoxy) is 1. The topological polar surface area (TPSA) is 32.8 Å². The first-order valence-electron chi connectivity index (χ1n) is 4.32. The molecule has 1 fully saturated rings. The van der Waals surface area contributed by atoms with E-state index in [-0.39, 0.29) is 18.8 Å². The monoisotopic (exact) mass is 184 g/mol. The molecule has 1 N–H and O–H groups in total. The Hall–Kier alpha value is -0.303. The minimum atomic E-state index is -1.24. The molecular formula is C9H16O2Si. The van der Waals surface area contributed by atoms with Crippen LogP contribution in [0.3, 0.4) is 0 Å². The average molecular weight is 184 g/mol. The molecule has 0 bridgehead atoms. The molecule has 2 atom stereocenters. The van der Waals surface area contributed by atoms with Gasteiger partial charge in [0.05, 0.1) is 6.10 Å². The Labute approximate surface area is 74.9 Å². The van der Waals surface area contributed by atoms with Crippen molar-refractivity contribution < 1.29 is 9.84 Å². The fourth-order valence-corrected chi connectivity index (χ4v) is 1.48. The molecule has 0 aromatic rings. The van der Waals surface area contributed by atoms with Crippen LogP contribution in [-0.4, -0.2) is 32.0 Å². The minimum absolute atomic E-state index is 0.115. The molecule has 1 saturated heterocycles. The van der Waals surface area contributed by atoms with Gasteiger partial charge in [0.1, 0.15) is 14.2 Å². The molecule has 0 radical (unpaired) electrons. The van der Waals surface area contributed by atoms with Crippen LogP contribution in [0.2, 0.25) is 19.6 Å². The van der Waals surface area contributed by atoms with Crippen LogP contribution in [0, 0.1) is 11.5 Å². The lowest BCUT2D eigenvalue weighted by molar-refractivity contribution is 0.263. The highest BCUT2D eigenvalue weighted by atomic mass is 28.3. The largest absolute Gasteiger partial charge is 0.396 e. The molecule has 0 aromatic heterocycles. The minimum Gasteiger partial charge on any atom is -0.396 e. The SMILES string of the molecule is C[Si](C)(C)C#C[C@H]1O[C@@H]1CCO. The number of rotatable bonds is 2. The van der Waals surface area contributed by atoms with Gasteiger partial charge in [0.25, 0.3) is 0 Å². The maximum absolute atomic E-state index is 8.60. The van der Waals surface area contributed by atoms with Gasteiger partial charge in [-0.1, -0.05) is 25.6 Å². The fraction of sp³-hybridized carbons (Fsp3) is 0.778. The van der Waals surface area contributed by atoms with Crippen LogP contribution in [0.5, 0.6) is 0 Å². The van der Waals surface area contributed by atoms with Gasteiger partial charge in [-0.2, -0.15) is 0 Å². The Balaban J connectivity index is 2.30. The van der Waals surface area contributed by atoms with Crippen molar-refractivity contribution >= 4 is 8.07 Å². The van der Waals surface area contributed by atoms with Crippen molar-refractivity contribution in [2.24, 2.45) is 0 Å². The first kappa shape index (κ1) is 9.78. The van der Waals surface area contributed by atoms with Crippen LogP contribution in [0.1, 0.15) is 6.42 Å². The van der Waals surface area contributed by atoms with Crippen molar-refractivity contribution in [3.63, 3.8) is 0 Å². The van der Waals surface area contributed by atoms with Gasteiger partial charge in [-0.15, -0.1) is 5.54 Å². The summed E-state index contributed by atoms with van der Waals surface area (Å²) in [5.41, 5.74) is 3.25. The molecule has 0 aliphatic carbocycles. The fourth-order valence-electron chi connectivity index (χ4n) is 0.904. The predicted octanol–water partition coefficient (Wildman–Crippen LogP) is 1.02. The predicted molar refractivity (Wildman–Crippen MR) is 51.5 cm³/mol. The van der Waals surface area contributed by atoms with Crippen molar-refractivity contribution in [2.45, 2.75) is 38.3 Å². The molecule has 12 heavy (non-hydrogen) atoms. The third kappa shape index (κ3) is 3.40. The molecule has 3 heteroatoms. The molecular weight excluding hydrogens is 168 g/mol. The normalized spacial score (nSPS) is 27.7. The van der Waals surface area contributed by atoms with E-state index in [2.05, 4.69) is 31.1 Å². The van der Waals surface area contributed by atoms with Crippen molar-refractivity contribution in [1.82, 2.24) is 0 Å². The van der Waals surface area contributed by atoms with Gasteiger partial charge in [0.15, 0.2) is 0 Å². The summed E-state index contributed by atoms with van der Waals surface area (Å²) < 4.78 is 5.24. The molecule has 0 aromatic carbocycles. The van der Waals surface area contributed by atoms with Crippen LogP contribution in [-0.2, 0) is 4.74 Å². The molecule has 0 amide bonds. The zero-order chi connectivity index (χ0) is 9.19. The van der Waals surface area contributed by atoms with Gasteiger partial charge < -0.3 is 9.84 Å². The summed E-state index contributed by atoms with van der Waals surface area (Å²) in [5, 5.41) is 8.60. The van der Waals surface area contributed by atoms with Gasteiger partial charge in [-0.25, -0.2) is 0 Å². The summed E-state index contributed by atoms with van der Waals surface area (Å²) >= 11 is 0. The van der Waals surface area contributed by atoms with E-state index >= 15 is 0 Å². The Morgan fingerprint density at radius 1 is 1.42 bits per heavy atom. The van der Waals surface area contributed by atoms with Crippen molar-refractivity contribution in [2.75, 3.05) is 6.61 Å². The number of hydrogen-bond acceptors (Lipinski definition) is 2. The van der Waals surface area contributed by atoms with E-state index in [0.29, 0.717) is 0 Å². The van der Waals surface area contributed by atoms with Gasteiger partial charge in [0.2, 0.25) is 0 Å². The van der Waals surface area contributed by atoms with E-state index in [1.165, 1.54) is 0 Å². The number of epoxide rings is 1. The molecule has 1 heterocycles. The van der Waals surface area contributed by atoms with E-state index < -0.39 is 8.07 Å². The zero-order valence-corrected chi connectivity index (χ0v) is 8.92. The Bertz CT molecular complexity index is 209. The molecule has 68 valence electrons. The maximum atomic E-state index is 8.60. The highest BCUT2D eigenvalue weighted by Crippen LogP contribution is 2.24. The highest BCUT2D eigenvalue weighted by Gasteiger charge is 2.36. The first-order valence-corrected chi connectivity index (χ1v) is 7.82. The van der Waals surface area contributed by atoms with Crippen molar-refractivity contribution in [3.8, 4) is 11.5 Å². The van der Waals surface area contributed by atoms with Gasteiger partial charge in [0, 0.05) is 13.0 Å². The second kappa shape index (κ2) is 3.61. The lowest BCUT2D eigenvalue weighted by Crippen LogP contribution is -2.16. The lowest BCUT2D eigenvalue weighted by Gasteiger charge is -2.02. The van der Waals surface area contributed by atoms with E-state index in [0.717, 1.165) is 6.42 Å². The first-order chi connectivity index (χ1) is 5.53. The number of hydrogen-bond donors (Lipinski definition) is 1. The smallest absolute Gasteiger partial charge is 0.144 e. The maximum Gasteiger partial charge on any atom is 0.144 e. The second-order valence-electron chi connectivity index (χ2n) is 4.13. The number of aliphatic hydroxyl groups excluding tert-OH is 1. The summed E-state index contributed by atoms with van der Waals surface area (Å²) in [6, 6.07) is 0. The third-order valence-corrected chi connectivity index (χ3v) is 2.48. The van der Waals surface area contributed by atoms with Crippen molar-refractivity contribution in [1.29, 1.82) is 0 Å². The summed E-state index contributed by atoms with van der Waals surface area (Å²) in [6.45, 7) is 6.84. The zero-order valence-electron chi connectivity index (χ0n) is 7.92. The van der Waals surface area contributed by atoms with Gasteiger partial charge in [-0.05, 0) is 0 Å². The van der Waals surface area contributed by atoms with Gasteiger partial charge in [-0.3, -0.25) is 0 Å². The molecule has 1 aliphatic rings. The van der Waals surface area contributed by atoms with E-state index in [1.807, 2.05) is 0 Å². The Kier molecular flexibility index (Phi) is 2.94. The van der Waals surface area contributed by atoms with E-state index in [4.69, 9.17) is 9.84 Å². The molecule has 0 unspecified atom stereocenters. The molecule has 1 rings (SSSR count). The van der Waals surface area contributed by atoms with Crippen molar-refractivity contribution in [3.05, 3.63) is 0 Å². The molecule has 1 aliphatic heterocycles. The van der Waals surface area contributed by atoms with Crippen LogP contribution in [0.4, 0.5) is 0 Å². The van der Waals surface area contributed by atoms with Crippen LogP contribution < -0.4 is 0 Å². The van der Waals surface area contributed by atoms with E-state index in [9.17, 15) is 0 Å². The molecule has 2 nitrogen and oxygen atoms in total. The highest BCUT2D eigenvalue weighted by molar-refractivity contribution is 6.83. The average Bonchev–Trinajstić information content (AvgIpc) is 2.63. The van der Waals surface area contributed by atoms with Crippen LogP contribution in [0.15, 0.2) is 0 Å². The molecule has 0 saturated carbocycles. The summed E-state index contributed by atoms with van der Waals surface area (Å²) in [4.78, 5) is 0. The lowest BCUT2D eigenvalue weighted by atomic mass is 10.2. The quantitative estimate of drug-likeness (QED) is 0.395. The summed E-state index contributed by atoms with van der Waals surface area (Å²) in [6.07, 6.45) is 1.05. The molecule has 0 spiro atoms.